The number of aromatic carboxylic acids is 1. The Morgan fingerprint density at radius 1 is 1.29 bits per heavy atom. The number of carbonyl (C=O) groups excluding carboxylic acids is 1. The first-order chi connectivity index (χ1) is 13.5. The van der Waals surface area contributed by atoms with Gasteiger partial charge in [0.1, 0.15) is 11.6 Å². The van der Waals surface area contributed by atoms with Gasteiger partial charge in [-0.25, -0.2) is 9.18 Å². The summed E-state index contributed by atoms with van der Waals surface area (Å²) in [5, 5.41) is 9.00. The monoisotopic (exact) mass is 387 g/mol. The highest BCUT2D eigenvalue weighted by Crippen LogP contribution is 2.23. The van der Waals surface area contributed by atoms with E-state index in [9.17, 15) is 14.0 Å². The van der Waals surface area contributed by atoms with E-state index in [1.807, 2.05) is 18.2 Å². The standard InChI is InChI=1S/C21H22FNO5/c1-27-19-7-3-2-5-15(19)12-23(13-16-6-4-10-28-16)20(24)17-9-8-14(21(25)26)11-18(17)22/h2-3,5,7-9,11,16H,4,6,10,12-13H2,1H3,(H,25,26). The number of ether oxygens (including phenoxy) is 2. The van der Waals surface area contributed by atoms with Gasteiger partial charge in [-0.05, 0) is 37.1 Å². The minimum absolute atomic E-state index is 0.111. The summed E-state index contributed by atoms with van der Waals surface area (Å²) in [4.78, 5) is 25.6. The SMILES string of the molecule is COc1ccccc1CN(CC1CCCO1)C(=O)c1ccc(C(=O)O)cc1F. The van der Waals surface area contributed by atoms with Gasteiger partial charge in [0.25, 0.3) is 5.91 Å². The first-order valence-corrected chi connectivity index (χ1v) is 9.05. The Morgan fingerprint density at radius 2 is 2.07 bits per heavy atom. The van der Waals surface area contributed by atoms with Gasteiger partial charge in [0.15, 0.2) is 0 Å². The second kappa shape index (κ2) is 8.84. The van der Waals surface area contributed by atoms with E-state index < -0.39 is 17.7 Å². The third-order valence-corrected chi connectivity index (χ3v) is 4.74. The van der Waals surface area contributed by atoms with Crippen LogP contribution >= 0.6 is 0 Å². The molecule has 3 rings (SSSR count). The van der Waals surface area contributed by atoms with Crippen molar-refractivity contribution < 1.29 is 28.6 Å². The molecule has 2 aromatic carbocycles. The Bertz CT molecular complexity index is 864. The summed E-state index contributed by atoms with van der Waals surface area (Å²) < 4.78 is 25.5. The molecule has 1 heterocycles. The van der Waals surface area contributed by atoms with E-state index in [2.05, 4.69) is 0 Å². The number of para-hydroxylation sites is 1. The van der Waals surface area contributed by atoms with Crippen molar-refractivity contribution in [3.8, 4) is 5.75 Å². The molecule has 1 atom stereocenters. The van der Waals surface area contributed by atoms with Crippen LogP contribution < -0.4 is 4.74 Å². The second-order valence-electron chi connectivity index (χ2n) is 6.63. The van der Waals surface area contributed by atoms with Gasteiger partial charge in [-0.2, -0.15) is 0 Å². The molecule has 1 N–H and O–H groups in total. The summed E-state index contributed by atoms with van der Waals surface area (Å²) in [6.45, 7) is 1.18. The summed E-state index contributed by atoms with van der Waals surface area (Å²) >= 11 is 0. The summed E-state index contributed by atoms with van der Waals surface area (Å²) in [7, 11) is 1.55. The van der Waals surface area contributed by atoms with Crippen molar-refractivity contribution in [2.75, 3.05) is 20.3 Å². The van der Waals surface area contributed by atoms with Crippen molar-refractivity contribution in [2.24, 2.45) is 0 Å². The highest BCUT2D eigenvalue weighted by molar-refractivity contribution is 5.96. The number of hydrogen-bond donors (Lipinski definition) is 1. The van der Waals surface area contributed by atoms with Crippen LogP contribution in [-0.2, 0) is 11.3 Å². The molecule has 0 bridgehead atoms. The topological polar surface area (TPSA) is 76.1 Å². The van der Waals surface area contributed by atoms with Gasteiger partial charge in [0, 0.05) is 25.3 Å². The van der Waals surface area contributed by atoms with Crippen LogP contribution in [0.2, 0.25) is 0 Å². The molecule has 6 nitrogen and oxygen atoms in total. The number of carbonyl (C=O) groups is 2. The maximum absolute atomic E-state index is 14.5. The lowest BCUT2D eigenvalue weighted by Gasteiger charge is -2.26. The zero-order valence-electron chi connectivity index (χ0n) is 15.6. The highest BCUT2D eigenvalue weighted by atomic mass is 19.1. The molecule has 0 aromatic heterocycles. The molecule has 1 aliphatic rings. The molecule has 0 aliphatic carbocycles. The van der Waals surface area contributed by atoms with Gasteiger partial charge in [0.2, 0.25) is 0 Å². The van der Waals surface area contributed by atoms with Crippen molar-refractivity contribution in [1.82, 2.24) is 4.90 Å². The van der Waals surface area contributed by atoms with Crippen LogP contribution in [0.1, 0.15) is 39.1 Å². The van der Waals surface area contributed by atoms with Gasteiger partial charge in [0.05, 0.1) is 24.3 Å². The minimum Gasteiger partial charge on any atom is -0.496 e. The number of rotatable bonds is 7. The van der Waals surface area contributed by atoms with E-state index in [4.69, 9.17) is 14.6 Å². The first-order valence-electron chi connectivity index (χ1n) is 9.05. The minimum atomic E-state index is -1.25. The molecule has 0 spiro atoms. The lowest BCUT2D eigenvalue weighted by atomic mass is 10.1. The Hall–Kier alpha value is -2.93. The van der Waals surface area contributed by atoms with E-state index in [-0.39, 0.29) is 23.8 Å². The van der Waals surface area contributed by atoms with Crippen molar-refractivity contribution >= 4 is 11.9 Å². The van der Waals surface area contributed by atoms with Crippen LogP contribution in [0.5, 0.6) is 5.75 Å². The fourth-order valence-corrected chi connectivity index (χ4v) is 3.28. The Kier molecular flexibility index (Phi) is 6.26. The number of benzene rings is 2. The molecular formula is C21H22FNO5. The predicted octanol–water partition coefficient (Wildman–Crippen LogP) is 3.35. The third-order valence-electron chi connectivity index (χ3n) is 4.74. The smallest absolute Gasteiger partial charge is 0.335 e. The van der Waals surface area contributed by atoms with Crippen LogP contribution in [0.4, 0.5) is 4.39 Å². The molecule has 1 amide bonds. The van der Waals surface area contributed by atoms with Gasteiger partial charge in [-0.15, -0.1) is 0 Å². The third kappa shape index (κ3) is 4.48. The van der Waals surface area contributed by atoms with E-state index in [0.29, 0.717) is 18.9 Å². The Morgan fingerprint density at radius 3 is 2.71 bits per heavy atom. The summed E-state index contributed by atoms with van der Waals surface area (Å²) in [6.07, 6.45) is 1.64. The Balaban J connectivity index is 1.89. The van der Waals surface area contributed by atoms with Crippen molar-refractivity contribution in [2.45, 2.75) is 25.5 Å². The number of carboxylic acids is 1. The number of amides is 1. The van der Waals surface area contributed by atoms with E-state index >= 15 is 0 Å². The molecule has 0 radical (unpaired) electrons. The van der Waals surface area contributed by atoms with Crippen LogP contribution in [0.25, 0.3) is 0 Å². The number of nitrogens with zero attached hydrogens (tertiary/aromatic N) is 1. The summed E-state index contributed by atoms with van der Waals surface area (Å²) in [5.41, 5.74) is 0.418. The maximum Gasteiger partial charge on any atom is 0.335 e. The average molecular weight is 387 g/mol. The second-order valence-corrected chi connectivity index (χ2v) is 6.63. The van der Waals surface area contributed by atoms with E-state index in [0.717, 1.165) is 24.5 Å². The maximum atomic E-state index is 14.5. The lowest BCUT2D eigenvalue weighted by molar-refractivity contribution is 0.0501. The molecule has 1 aliphatic heterocycles. The zero-order chi connectivity index (χ0) is 20.1. The quantitative estimate of drug-likeness (QED) is 0.789. The molecule has 7 heteroatoms. The van der Waals surface area contributed by atoms with Gasteiger partial charge < -0.3 is 19.5 Å². The number of hydrogen-bond acceptors (Lipinski definition) is 4. The van der Waals surface area contributed by atoms with Crippen molar-refractivity contribution in [3.63, 3.8) is 0 Å². The molecule has 28 heavy (non-hydrogen) atoms. The van der Waals surface area contributed by atoms with E-state index in [1.165, 1.54) is 17.0 Å². The fraction of sp³-hybridized carbons (Fsp3) is 0.333. The number of carboxylic acid groups (broad SMARTS) is 1. The average Bonchev–Trinajstić information content (AvgIpc) is 3.20. The molecule has 148 valence electrons. The van der Waals surface area contributed by atoms with Crippen molar-refractivity contribution in [3.05, 3.63) is 65.0 Å². The van der Waals surface area contributed by atoms with Crippen LogP contribution in [0.15, 0.2) is 42.5 Å². The van der Waals surface area contributed by atoms with Crippen LogP contribution in [0.3, 0.4) is 0 Å². The number of methoxy groups -OCH3 is 1. The largest absolute Gasteiger partial charge is 0.496 e. The number of halogens is 1. The molecule has 2 aromatic rings. The Labute approximate surface area is 162 Å². The summed E-state index contributed by atoms with van der Waals surface area (Å²) in [6, 6.07) is 10.6. The van der Waals surface area contributed by atoms with Gasteiger partial charge in [-0.3, -0.25) is 4.79 Å². The summed E-state index contributed by atoms with van der Waals surface area (Å²) in [5.74, 6) is -1.99. The predicted molar refractivity (Wildman–Crippen MR) is 100 cm³/mol. The normalized spacial score (nSPS) is 16.0. The molecule has 1 fully saturated rings. The highest BCUT2D eigenvalue weighted by Gasteiger charge is 2.26. The van der Waals surface area contributed by atoms with Gasteiger partial charge >= 0.3 is 5.97 Å². The molecule has 1 saturated heterocycles. The fourth-order valence-electron chi connectivity index (χ4n) is 3.28. The van der Waals surface area contributed by atoms with Gasteiger partial charge in [-0.1, -0.05) is 18.2 Å². The molecule has 1 unspecified atom stereocenters. The van der Waals surface area contributed by atoms with Crippen molar-refractivity contribution in [1.29, 1.82) is 0 Å². The molecule has 0 saturated carbocycles. The molecular weight excluding hydrogens is 365 g/mol. The van der Waals surface area contributed by atoms with Crippen LogP contribution in [0, 0.1) is 5.82 Å². The first kappa shape index (κ1) is 19.8. The lowest BCUT2D eigenvalue weighted by Crippen LogP contribution is -2.37. The zero-order valence-corrected chi connectivity index (χ0v) is 15.6. The van der Waals surface area contributed by atoms with Crippen LogP contribution in [-0.4, -0.2) is 48.2 Å². The van der Waals surface area contributed by atoms with E-state index in [1.54, 1.807) is 13.2 Å².